The van der Waals surface area contributed by atoms with Crippen molar-refractivity contribution >= 4 is 11.6 Å². The Morgan fingerprint density at radius 2 is 1.78 bits per heavy atom. The molecule has 0 aliphatic carbocycles. The van der Waals surface area contributed by atoms with Crippen molar-refractivity contribution in [1.82, 2.24) is 19.9 Å². The minimum atomic E-state index is 0.000501. The van der Waals surface area contributed by atoms with E-state index in [0.29, 0.717) is 24.8 Å². The molecule has 9 nitrogen and oxygen atoms in total. The summed E-state index contributed by atoms with van der Waals surface area (Å²) in [4.78, 5) is 24.5. The summed E-state index contributed by atoms with van der Waals surface area (Å²) in [6, 6.07) is 15.6. The molecular formula is C27H33N5O4. The van der Waals surface area contributed by atoms with Gasteiger partial charge in [0.15, 0.2) is 0 Å². The first kappa shape index (κ1) is 24.1. The Hall–Kier alpha value is -3.59. The Labute approximate surface area is 211 Å². The third kappa shape index (κ3) is 5.31. The number of likely N-dealkylation sites (tertiary alicyclic amines) is 1. The summed E-state index contributed by atoms with van der Waals surface area (Å²) in [6.07, 6.45) is 1.90. The zero-order valence-electron chi connectivity index (χ0n) is 20.9. The molecule has 1 amide bonds. The highest BCUT2D eigenvalue weighted by Gasteiger charge is 2.32. The van der Waals surface area contributed by atoms with Gasteiger partial charge in [-0.1, -0.05) is 17.3 Å². The van der Waals surface area contributed by atoms with Crippen LogP contribution in [0.25, 0.3) is 11.4 Å². The number of anilines is 1. The van der Waals surface area contributed by atoms with Crippen LogP contribution < -0.4 is 14.4 Å². The van der Waals surface area contributed by atoms with Crippen molar-refractivity contribution in [3.63, 3.8) is 0 Å². The minimum absolute atomic E-state index is 0.000501. The van der Waals surface area contributed by atoms with Gasteiger partial charge in [-0.15, -0.1) is 0 Å². The summed E-state index contributed by atoms with van der Waals surface area (Å²) in [7, 11) is 3.34. The molecule has 36 heavy (non-hydrogen) atoms. The highest BCUT2D eigenvalue weighted by molar-refractivity contribution is 5.79. The lowest BCUT2D eigenvalue weighted by Crippen LogP contribution is -2.52. The summed E-state index contributed by atoms with van der Waals surface area (Å²) in [5.74, 6) is 3.04. The average molecular weight is 492 g/mol. The van der Waals surface area contributed by atoms with Crippen LogP contribution in [0.5, 0.6) is 11.5 Å². The number of benzene rings is 2. The van der Waals surface area contributed by atoms with Gasteiger partial charge in [0.25, 0.3) is 0 Å². The van der Waals surface area contributed by atoms with Crippen molar-refractivity contribution in [2.75, 3.05) is 58.4 Å². The first-order chi connectivity index (χ1) is 17.6. The third-order valence-electron chi connectivity index (χ3n) is 7.05. The van der Waals surface area contributed by atoms with Crippen LogP contribution >= 0.6 is 0 Å². The number of methoxy groups -OCH3 is 2. The maximum atomic E-state index is 13.4. The Morgan fingerprint density at radius 3 is 2.53 bits per heavy atom. The standard InChI is InChI=1S/C27H33N5O4/c1-34-22-11-9-20(10-12-22)26-28-25(36-29-26)19-30-13-5-6-21(18-30)27(33)32-16-14-31(15-17-32)23-7-3-4-8-24(23)35-2/h3-4,7-12,21H,5-6,13-19H2,1-2H3. The van der Waals surface area contributed by atoms with E-state index in [0.717, 1.165) is 68.3 Å². The molecule has 190 valence electrons. The van der Waals surface area contributed by atoms with Crippen molar-refractivity contribution in [3.8, 4) is 22.9 Å². The van der Waals surface area contributed by atoms with Gasteiger partial charge in [0, 0.05) is 38.3 Å². The van der Waals surface area contributed by atoms with Crippen LogP contribution in [-0.2, 0) is 11.3 Å². The molecule has 0 N–H and O–H groups in total. The van der Waals surface area contributed by atoms with Gasteiger partial charge in [-0.2, -0.15) is 4.98 Å². The number of amides is 1. The fourth-order valence-electron chi connectivity index (χ4n) is 5.09. The number of nitrogens with zero attached hydrogens (tertiary/aromatic N) is 5. The lowest BCUT2D eigenvalue weighted by Gasteiger charge is -2.39. The topological polar surface area (TPSA) is 84.2 Å². The number of piperidine rings is 1. The summed E-state index contributed by atoms with van der Waals surface area (Å²) >= 11 is 0. The molecule has 9 heteroatoms. The number of hydrogen-bond acceptors (Lipinski definition) is 8. The Kier molecular flexibility index (Phi) is 7.36. The number of carbonyl (C=O) groups excluding carboxylic acids is 1. The van der Waals surface area contributed by atoms with Gasteiger partial charge in [-0.05, 0) is 55.8 Å². The van der Waals surface area contributed by atoms with Crippen molar-refractivity contribution in [1.29, 1.82) is 0 Å². The van der Waals surface area contributed by atoms with E-state index in [1.807, 2.05) is 47.4 Å². The van der Waals surface area contributed by atoms with Crippen LogP contribution in [0.3, 0.4) is 0 Å². The molecule has 2 saturated heterocycles. The van der Waals surface area contributed by atoms with E-state index in [-0.39, 0.29) is 11.8 Å². The van der Waals surface area contributed by atoms with E-state index in [9.17, 15) is 4.79 Å². The van der Waals surface area contributed by atoms with Crippen molar-refractivity contribution in [2.45, 2.75) is 19.4 Å². The van der Waals surface area contributed by atoms with Crippen LogP contribution in [0.1, 0.15) is 18.7 Å². The number of para-hydroxylation sites is 2. The van der Waals surface area contributed by atoms with E-state index in [1.54, 1.807) is 14.2 Å². The molecule has 1 atom stereocenters. The Bertz CT molecular complexity index is 1160. The molecule has 0 bridgehead atoms. The molecule has 1 unspecified atom stereocenters. The molecule has 0 spiro atoms. The zero-order valence-corrected chi connectivity index (χ0v) is 20.9. The van der Waals surface area contributed by atoms with Gasteiger partial charge in [-0.25, -0.2) is 0 Å². The molecule has 0 radical (unpaired) electrons. The first-order valence-electron chi connectivity index (χ1n) is 12.5. The summed E-state index contributed by atoms with van der Waals surface area (Å²) in [5, 5.41) is 4.14. The molecule has 5 rings (SSSR count). The second kappa shape index (κ2) is 11.0. The van der Waals surface area contributed by atoms with Crippen molar-refractivity contribution in [2.24, 2.45) is 5.92 Å². The SMILES string of the molecule is COc1ccc(-c2noc(CN3CCCC(C(=O)N4CCN(c5ccccc5OC)CC4)C3)n2)cc1. The predicted octanol–water partition coefficient (Wildman–Crippen LogP) is 3.31. The van der Waals surface area contributed by atoms with Gasteiger partial charge in [0.05, 0.1) is 32.4 Å². The van der Waals surface area contributed by atoms with Gasteiger partial charge in [0.2, 0.25) is 17.6 Å². The molecule has 3 heterocycles. The molecule has 3 aromatic rings. The van der Waals surface area contributed by atoms with Crippen LogP contribution in [0.2, 0.25) is 0 Å². The van der Waals surface area contributed by atoms with E-state index in [1.165, 1.54) is 0 Å². The van der Waals surface area contributed by atoms with Crippen molar-refractivity contribution in [3.05, 3.63) is 54.4 Å². The molecule has 2 aliphatic heterocycles. The highest BCUT2D eigenvalue weighted by atomic mass is 16.5. The summed E-state index contributed by atoms with van der Waals surface area (Å²) in [5.41, 5.74) is 1.97. The third-order valence-corrected chi connectivity index (χ3v) is 7.05. The molecule has 2 aliphatic rings. The molecule has 2 fully saturated rings. The molecule has 1 aromatic heterocycles. The summed E-state index contributed by atoms with van der Waals surface area (Å²) in [6.45, 7) is 5.24. The normalized spacial score (nSPS) is 18.8. The number of carbonyl (C=O) groups is 1. The fourth-order valence-corrected chi connectivity index (χ4v) is 5.09. The molecule has 0 saturated carbocycles. The average Bonchev–Trinajstić information content (AvgIpc) is 3.41. The second-order valence-corrected chi connectivity index (χ2v) is 9.30. The maximum absolute atomic E-state index is 13.4. The summed E-state index contributed by atoms with van der Waals surface area (Å²) < 4.78 is 16.2. The number of rotatable bonds is 7. The van der Waals surface area contributed by atoms with E-state index < -0.39 is 0 Å². The van der Waals surface area contributed by atoms with E-state index in [2.05, 4.69) is 26.0 Å². The minimum Gasteiger partial charge on any atom is -0.497 e. The largest absolute Gasteiger partial charge is 0.497 e. The maximum Gasteiger partial charge on any atom is 0.241 e. The van der Waals surface area contributed by atoms with Gasteiger partial charge >= 0.3 is 0 Å². The Balaban J connectivity index is 1.15. The van der Waals surface area contributed by atoms with Gasteiger partial charge < -0.3 is 23.8 Å². The monoisotopic (exact) mass is 491 g/mol. The van der Waals surface area contributed by atoms with Crippen LogP contribution in [0.15, 0.2) is 53.1 Å². The van der Waals surface area contributed by atoms with E-state index in [4.69, 9.17) is 14.0 Å². The van der Waals surface area contributed by atoms with E-state index >= 15 is 0 Å². The zero-order chi connectivity index (χ0) is 24.9. The number of hydrogen-bond donors (Lipinski definition) is 0. The van der Waals surface area contributed by atoms with Gasteiger partial charge in [-0.3, -0.25) is 9.69 Å². The molecular weight excluding hydrogens is 458 g/mol. The lowest BCUT2D eigenvalue weighted by atomic mass is 9.96. The van der Waals surface area contributed by atoms with Crippen LogP contribution in [-0.4, -0.2) is 79.3 Å². The molecule has 2 aromatic carbocycles. The lowest BCUT2D eigenvalue weighted by molar-refractivity contribution is -0.137. The predicted molar refractivity (Wildman–Crippen MR) is 136 cm³/mol. The van der Waals surface area contributed by atoms with Crippen LogP contribution in [0, 0.1) is 5.92 Å². The Morgan fingerprint density at radius 1 is 1.00 bits per heavy atom. The van der Waals surface area contributed by atoms with Gasteiger partial charge in [0.1, 0.15) is 11.5 Å². The number of ether oxygens (including phenoxy) is 2. The quantitative estimate of drug-likeness (QED) is 0.498. The second-order valence-electron chi connectivity index (χ2n) is 9.30. The number of aromatic nitrogens is 2. The fraction of sp³-hybridized carbons (Fsp3) is 0.444. The highest BCUT2D eigenvalue weighted by Crippen LogP contribution is 2.29. The first-order valence-corrected chi connectivity index (χ1v) is 12.5. The van der Waals surface area contributed by atoms with Crippen molar-refractivity contribution < 1.29 is 18.8 Å². The van der Waals surface area contributed by atoms with Crippen LogP contribution in [0.4, 0.5) is 5.69 Å². The smallest absolute Gasteiger partial charge is 0.241 e. The number of piperazine rings is 1.